The monoisotopic (exact) mass is 262 g/mol. The van der Waals surface area contributed by atoms with E-state index in [0.717, 1.165) is 25.9 Å². The number of nitrogens with zero attached hydrogens (tertiary/aromatic N) is 3. The van der Waals surface area contributed by atoms with Gasteiger partial charge in [-0.25, -0.2) is 0 Å². The first kappa shape index (κ1) is 13.3. The number of hydrogen-bond donors (Lipinski definition) is 2. The zero-order chi connectivity index (χ0) is 13.8. The number of aromatic nitrogens is 1. The zero-order valence-corrected chi connectivity index (χ0v) is 10.9. The molecule has 2 heterocycles. The van der Waals surface area contributed by atoms with Crippen LogP contribution in [0.4, 0.5) is 0 Å². The molecule has 1 fully saturated rings. The fraction of sp³-hybridized carbons (Fsp3) is 0.462. The Bertz CT molecular complexity index is 476. The average molecular weight is 262 g/mol. The lowest BCUT2D eigenvalue weighted by Gasteiger charge is -2.30. The molecule has 6 nitrogen and oxygen atoms in total. The Labute approximate surface area is 111 Å². The fourth-order valence-electron chi connectivity index (χ4n) is 2.10. The lowest BCUT2D eigenvalue weighted by molar-refractivity contribution is 0.0691. The number of likely N-dealkylation sites (tertiary alicyclic amines) is 1. The van der Waals surface area contributed by atoms with Crippen LogP contribution in [-0.4, -0.2) is 39.9 Å². The van der Waals surface area contributed by atoms with E-state index in [-0.39, 0.29) is 11.7 Å². The van der Waals surface area contributed by atoms with Crippen LogP contribution < -0.4 is 5.73 Å². The van der Waals surface area contributed by atoms with Crippen LogP contribution in [0.2, 0.25) is 0 Å². The van der Waals surface area contributed by atoms with Gasteiger partial charge in [-0.3, -0.25) is 9.78 Å². The van der Waals surface area contributed by atoms with Crippen LogP contribution >= 0.6 is 0 Å². The molecule has 0 unspecified atom stereocenters. The largest absolute Gasteiger partial charge is 0.409 e. The number of rotatable bonds is 2. The highest BCUT2D eigenvalue weighted by atomic mass is 16.4. The van der Waals surface area contributed by atoms with Crippen molar-refractivity contribution < 1.29 is 10.0 Å². The standard InChI is InChI=1S/C13H18N4O2/c1-9-4-6-17(7-5-9)13(18)11-3-2-10(8-15-11)12(14)16-19/h2-3,8-9,19H,4-7H2,1H3,(H2,14,16). The molecule has 1 aromatic heterocycles. The summed E-state index contributed by atoms with van der Waals surface area (Å²) in [6, 6.07) is 3.23. The molecule has 102 valence electrons. The van der Waals surface area contributed by atoms with Crippen molar-refractivity contribution in [3.8, 4) is 0 Å². The number of carbonyl (C=O) groups excluding carboxylic acids is 1. The summed E-state index contributed by atoms with van der Waals surface area (Å²) < 4.78 is 0. The Kier molecular flexibility index (Phi) is 3.99. The summed E-state index contributed by atoms with van der Waals surface area (Å²) in [6.07, 6.45) is 3.51. The molecule has 0 saturated carbocycles. The normalized spacial score (nSPS) is 17.5. The smallest absolute Gasteiger partial charge is 0.272 e. The predicted molar refractivity (Wildman–Crippen MR) is 71.0 cm³/mol. The Hall–Kier alpha value is -2.11. The molecule has 0 bridgehead atoms. The molecular formula is C13H18N4O2. The van der Waals surface area contributed by atoms with E-state index in [1.807, 2.05) is 4.90 Å². The summed E-state index contributed by atoms with van der Waals surface area (Å²) in [7, 11) is 0. The fourth-order valence-corrected chi connectivity index (χ4v) is 2.10. The first-order valence-electron chi connectivity index (χ1n) is 6.35. The first-order valence-corrected chi connectivity index (χ1v) is 6.35. The molecule has 1 aliphatic heterocycles. The van der Waals surface area contributed by atoms with E-state index in [2.05, 4.69) is 17.1 Å². The van der Waals surface area contributed by atoms with Crippen molar-refractivity contribution in [3.05, 3.63) is 29.6 Å². The van der Waals surface area contributed by atoms with Crippen molar-refractivity contribution in [2.45, 2.75) is 19.8 Å². The molecule has 0 aliphatic carbocycles. The molecule has 0 spiro atoms. The third-order valence-corrected chi connectivity index (χ3v) is 3.46. The average Bonchev–Trinajstić information content (AvgIpc) is 2.46. The highest BCUT2D eigenvalue weighted by Gasteiger charge is 2.22. The van der Waals surface area contributed by atoms with Crippen molar-refractivity contribution in [2.75, 3.05) is 13.1 Å². The molecule has 0 radical (unpaired) electrons. The first-order chi connectivity index (χ1) is 9.11. The Morgan fingerprint density at radius 1 is 1.47 bits per heavy atom. The van der Waals surface area contributed by atoms with Crippen LogP contribution in [-0.2, 0) is 0 Å². The van der Waals surface area contributed by atoms with E-state index >= 15 is 0 Å². The maximum Gasteiger partial charge on any atom is 0.272 e. The quantitative estimate of drug-likeness (QED) is 0.360. The number of piperidine rings is 1. The van der Waals surface area contributed by atoms with Crippen molar-refractivity contribution in [1.82, 2.24) is 9.88 Å². The van der Waals surface area contributed by atoms with Crippen LogP contribution in [0, 0.1) is 5.92 Å². The molecule has 3 N–H and O–H groups in total. The van der Waals surface area contributed by atoms with E-state index < -0.39 is 0 Å². The van der Waals surface area contributed by atoms with Crippen molar-refractivity contribution >= 4 is 11.7 Å². The van der Waals surface area contributed by atoms with Gasteiger partial charge >= 0.3 is 0 Å². The van der Waals surface area contributed by atoms with E-state index in [4.69, 9.17) is 10.9 Å². The van der Waals surface area contributed by atoms with E-state index in [0.29, 0.717) is 17.2 Å². The highest BCUT2D eigenvalue weighted by Crippen LogP contribution is 2.17. The molecular weight excluding hydrogens is 244 g/mol. The second-order valence-electron chi connectivity index (χ2n) is 4.89. The Morgan fingerprint density at radius 3 is 2.68 bits per heavy atom. The molecule has 2 rings (SSSR count). The van der Waals surface area contributed by atoms with Crippen LogP contribution in [0.25, 0.3) is 0 Å². The topological polar surface area (TPSA) is 91.8 Å². The Morgan fingerprint density at radius 2 is 2.16 bits per heavy atom. The second-order valence-corrected chi connectivity index (χ2v) is 4.89. The SMILES string of the molecule is CC1CCN(C(=O)c2ccc(C(N)=NO)cn2)CC1. The highest BCUT2D eigenvalue weighted by molar-refractivity contribution is 5.98. The van der Waals surface area contributed by atoms with Crippen LogP contribution in [0.3, 0.4) is 0 Å². The summed E-state index contributed by atoms with van der Waals surface area (Å²) in [6.45, 7) is 3.76. The summed E-state index contributed by atoms with van der Waals surface area (Å²) >= 11 is 0. The van der Waals surface area contributed by atoms with Gasteiger partial charge in [0.1, 0.15) is 5.69 Å². The Balaban J connectivity index is 2.07. The van der Waals surface area contributed by atoms with Gasteiger partial charge in [0.25, 0.3) is 5.91 Å². The maximum absolute atomic E-state index is 12.2. The van der Waals surface area contributed by atoms with Crippen LogP contribution in [0.1, 0.15) is 35.8 Å². The van der Waals surface area contributed by atoms with E-state index in [1.54, 1.807) is 12.1 Å². The second kappa shape index (κ2) is 5.69. The molecule has 0 aromatic carbocycles. The predicted octanol–water partition coefficient (Wildman–Crippen LogP) is 1.05. The minimum absolute atomic E-state index is 0.0155. The lowest BCUT2D eigenvalue weighted by Crippen LogP contribution is -2.38. The van der Waals surface area contributed by atoms with Gasteiger partial charge in [-0.15, -0.1) is 0 Å². The van der Waals surface area contributed by atoms with Crippen molar-refractivity contribution in [3.63, 3.8) is 0 Å². The van der Waals surface area contributed by atoms with E-state index in [1.165, 1.54) is 6.20 Å². The molecule has 1 amide bonds. The molecule has 1 aliphatic rings. The maximum atomic E-state index is 12.2. The minimum atomic E-state index is -0.0574. The molecule has 1 saturated heterocycles. The van der Waals surface area contributed by atoms with Gasteiger partial charge in [-0.05, 0) is 30.9 Å². The van der Waals surface area contributed by atoms with Gasteiger partial charge < -0.3 is 15.8 Å². The number of pyridine rings is 1. The van der Waals surface area contributed by atoms with E-state index in [9.17, 15) is 4.79 Å². The van der Waals surface area contributed by atoms with Crippen LogP contribution in [0.5, 0.6) is 0 Å². The zero-order valence-electron chi connectivity index (χ0n) is 10.9. The number of amides is 1. The van der Waals surface area contributed by atoms with Gasteiger partial charge in [0.05, 0.1) is 0 Å². The van der Waals surface area contributed by atoms with Gasteiger partial charge in [-0.1, -0.05) is 12.1 Å². The van der Waals surface area contributed by atoms with Gasteiger partial charge in [0, 0.05) is 24.8 Å². The molecule has 6 heteroatoms. The third-order valence-electron chi connectivity index (χ3n) is 3.46. The summed E-state index contributed by atoms with van der Waals surface area (Å²) in [5.41, 5.74) is 6.33. The molecule has 0 atom stereocenters. The van der Waals surface area contributed by atoms with Crippen molar-refractivity contribution in [2.24, 2.45) is 16.8 Å². The molecule has 19 heavy (non-hydrogen) atoms. The van der Waals surface area contributed by atoms with Gasteiger partial charge in [0.15, 0.2) is 5.84 Å². The number of oxime groups is 1. The van der Waals surface area contributed by atoms with Crippen LogP contribution in [0.15, 0.2) is 23.5 Å². The summed E-state index contributed by atoms with van der Waals surface area (Å²) in [5.74, 6) is 0.608. The van der Waals surface area contributed by atoms with Gasteiger partial charge in [-0.2, -0.15) is 0 Å². The number of nitrogens with two attached hydrogens (primary N) is 1. The lowest BCUT2D eigenvalue weighted by atomic mass is 9.99. The number of carbonyl (C=O) groups is 1. The third kappa shape index (κ3) is 3.01. The van der Waals surface area contributed by atoms with Gasteiger partial charge in [0.2, 0.25) is 0 Å². The summed E-state index contributed by atoms with van der Waals surface area (Å²) in [4.78, 5) is 18.1. The number of amidine groups is 1. The van der Waals surface area contributed by atoms with Crippen molar-refractivity contribution in [1.29, 1.82) is 0 Å². The number of hydrogen-bond acceptors (Lipinski definition) is 4. The minimum Gasteiger partial charge on any atom is -0.409 e. The summed E-state index contributed by atoms with van der Waals surface area (Å²) in [5, 5.41) is 11.4. The molecule has 1 aromatic rings.